The van der Waals surface area contributed by atoms with Crippen molar-refractivity contribution in [2.45, 2.75) is 19.9 Å². The summed E-state index contributed by atoms with van der Waals surface area (Å²) < 4.78 is 11.2. The number of aromatic nitrogens is 1. The van der Waals surface area contributed by atoms with Crippen molar-refractivity contribution in [1.82, 2.24) is 9.88 Å². The number of rotatable bonds is 5. The van der Waals surface area contributed by atoms with Gasteiger partial charge in [0.1, 0.15) is 5.82 Å². The maximum absolute atomic E-state index is 5.71. The molecule has 6 nitrogen and oxygen atoms in total. The molecule has 0 unspecified atom stereocenters. The average molecular weight is 344 g/mol. The molecule has 0 radical (unpaired) electrons. The van der Waals surface area contributed by atoms with Crippen LogP contribution in [0.1, 0.15) is 13.8 Å². The summed E-state index contributed by atoms with van der Waals surface area (Å²) >= 11 is 0. The van der Waals surface area contributed by atoms with Crippen LogP contribution in [-0.4, -0.2) is 63.4 Å². The fourth-order valence-electron chi connectivity index (χ4n) is 3.33. The third kappa shape index (κ3) is 3.44. The largest absolute Gasteiger partial charge is 0.493 e. The van der Waals surface area contributed by atoms with Gasteiger partial charge >= 0.3 is 0 Å². The maximum atomic E-state index is 5.71. The van der Waals surface area contributed by atoms with Gasteiger partial charge < -0.3 is 24.6 Å². The molecule has 0 saturated carbocycles. The van der Waals surface area contributed by atoms with Crippen molar-refractivity contribution in [2.75, 3.05) is 57.7 Å². The van der Waals surface area contributed by atoms with E-state index in [1.54, 1.807) is 14.2 Å². The third-order valence-corrected chi connectivity index (χ3v) is 4.62. The van der Waals surface area contributed by atoms with Crippen LogP contribution in [0.4, 0.5) is 11.5 Å². The molecule has 25 heavy (non-hydrogen) atoms. The van der Waals surface area contributed by atoms with Gasteiger partial charge in [-0.3, -0.25) is 0 Å². The molecule has 0 spiro atoms. The number of methoxy groups -OCH3 is 2. The van der Waals surface area contributed by atoms with Crippen LogP contribution in [0.2, 0.25) is 0 Å². The van der Waals surface area contributed by atoms with Crippen LogP contribution < -0.4 is 19.7 Å². The van der Waals surface area contributed by atoms with Crippen LogP contribution in [0.5, 0.6) is 11.5 Å². The summed E-state index contributed by atoms with van der Waals surface area (Å²) in [4.78, 5) is 9.49. The summed E-state index contributed by atoms with van der Waals surface area (Å²) in [5, 5.41) is 5.60. The van der Waals surface area contributed by atoms with Gasteiger partial charge in [0.05, 0.1) is 31.5 Å². The van der Waals surface area contributed by atoms with Crippen molar-refractivity contribution in [3.8, 4) is 11.5 Å². The molecule has 1 aromatic carbocycles. The van der Waals surface area contributed by atoms with E-state index in [1.165, 1.54) is 0 Å². The van der Waals surface area contributed by atoms with Gasteiger partial charge in [0.25, 0.3) is 0 Å². The number of hydrogen-bond acceptors (Lipinski definition) is 6. The number of benzene rings is 1. The predicted molar refractivity (Wildman–Crippen MR) is 103 cm³/mol. The molecule has 0 amide bonds. The second-order valence-corrected chi connectivity index (χ2v) is 6.81. The zero-order valence-electron chi connectivity index (χ0n) is 15.8. The van der Waals surface area contributed by atoms with Gasteiger partial charge in [0, 0.05) is 37.6 Å². The molecule has 0 aliphatic carbocycles. The van der Waals surface area contributed by atoms with Crippen LogP contribution in [0.15, 0.2) is 18.3 Å². The Hall–Kier alpha value is -2.21. The highest BCUT2D eigenvalue weighted by Gasteiger charge is 2.22. The molecule has 0 bridgehead atoms. The minimum absolute atomic E-state index is 0.301. The van der Waals surface area contributed by atoms with Gasteiger partial charge in [-0.1, -0.05) is 0 Å². The first-order valence-corrected chi connectivity index (χ1v) is 8.79. The van der Waals surface area contributed by atoms with Crippen molar-refractivity contribution < 1.29 is 9.47 Å². The molecule has 1 N–H and O–H groups in total. The average Bonchev–Trinajstić information content (AvgIpc) is 2.61. The number of likely N-dealkylation sites (N-methyl/N-ethyl adjacent to an activating group) is 1. The highest BCUT2D eigenvalue weighted by Crippen LogP contribution is 2.42. The van der Waals surface area contributed by atoms with E-state index in [-0.39, 0.29) is 0 Å². The van der Waals surface area contributed by atoms with E-state index in [0.29, 0.717) is 6.04 Å². The SMILES string of the molecule is COc1ccc2c(N3CCN(C)CC3)ncc(NC(C)C)c2c1OC. The third-order valence-electron chi connectivity index (χ3n) is 4.62. The van der Waals surface area contributed by atoms with Gasteiger partial charge in [-0.25, -0.2) is 4.98 Å². The van der Waals surface area contributed by atoms with Gasteiger partial charge in [-0.15, -0.1) is 0 Å². The molecule has 1 fully saturated rings. The molecule has 0 atom stereocenters. The van der Waals surface area contributed by atoms with Gasteiger partial charge in [0.15, 0.2) is 11.5 Å². The number of ether oxygens (including phenoxy) is 2. The number of anilines is 2. The van der Waals surface area contributed by atoms with E-state index in [4.69, 9.17) is 14.5 Å². The molecule has 2 heterocycles. The van der Waals surface area contributed by atoms with Crippen LogP contribution in [0.25, 0.3) is 10.8 Å². The van der Waals surface area contributed by atoms with Crippen molar-refractivity contribution in [2.24, 2.45) is 0 Å². The Labute approximate surface area is 149 Å². The summed E-state index contributed by atoms with van der Waals surface area (Å²) in [6, 6.07) is 4.35. The second-order valence-electron chi connectivity index (χ2n) is 6.81. The number of nitrogens with zero attached hydrogens (tertiary/aromatic N) is 3. The summed E-state index contributed by atoms with van der Waals surface area (Å²) in [7, 11) is 5.51. The molecular formula is C19H28N4O2. The molecule has 2 aromatic rings. The number of hydrogen-bond donors (Lipinski definition) is 1. The lowest BCUT2D eigenvalue weighted by molar-refractivity contribution is 0.312. The number of piperazine rings is 1. The zero-order chi connectivity index (χ0) is 18.0. The Morgan fingerprint density at radius 1 is 1.08 bits per heavy atom. The molecule has 1 aliphatic heterocycles. The smallest absolute Gasteiger partial charge is 0.170 e. The normalized spacial score (nSPS) is 15.7. The van der Waals surface area contributed by atoms with Crippen LogP contribution in [0, 0.1) is 0 Å². The molecule has 1 aliphatic rings. The van der Waals surface area contributed by atoms with Crippen molar-refractivity contribution in [1.29, 1.82) is 0 Å². The molecule has 3 rings (SSSR count). The molecule has 1 aromatic heterocycles. The monoisotopic (exact) mass is 344 g/mol. The summed E-state index contributed by atoms with van der Waals surface area (Å²) in [6.45, 7) is 8.28. The lowest BCUT2D eigenvalue weighted by atomic mass is 10.1. The van der Waals surface area contributed by atoms with E-state index in [9.17, 15) is 0 Å². The predicted octanol–water partition coefficient (Wildman–Crippen LogP) is 2.82. The summed E-state index contributed by atoms with van der Waals surface area (Å²) in [5.74, 6) is 2.50. The first-order valence-electron chi connectivity index (χ1n) is 8.79. The molecule has 136 valence electrons. The molecule has 6 heteroatoms. The topological polar surface area (TPSA) is 49.9 Å². The Morgan fingerprint density at radius 2 is 1.80 bits per heavy atom. The minimum atomic E-state index is 0.301. The first-order chi connectivity index (χ1) is 12.0. The molecular weight excluding hydrogens is 316 g/mol. The quantitative estimate of drug-likeness (QED) is 0.900. The highest BCUT2D eigenvalue weighted by molar-refractivity contribution is 6.05. The number of fused-ring (bicyclic) bond motifs is 1. The van der Waals surface area contributed by atoms with E-state index in [0.717, 1.165) is 60.0 Å². The van der Waals surface area contributed by atoms with Crippen LogP contribution in [-0.2, 0) is 0 Å². The van der Waals surface area contributed by atoms with Crippen LogP contribution >= 0.6 is 0 Å². The van der Waals surface area contributed by atoms with Crippen molar-refractivity contribution in [3.05, 3.63) is 18.3 Å². The van der Waals surface area contributed by atoms with Gasteiger partial charge in [0.2, 0.25) is 0 Å². The Kier molecular flexibility index (Phi) is 5.18. The maximum Gasteiger partial charge on any atom is 0.170 e. The standard InChI is InChI=1S/C19H28N4O2/c1-13(2)21-15-12-20-19(23-10-8-22(3)9-11-23)14-6-7-16(24-4)18(25-5)17(14)15/h6-7,12-13,21H,8-11H2,1-5H3. The van der Waals surface area contributed by atoms with E-state index >= 15 is 0 Å². The Bertz CT molecular complexity index is 740. The minimum Gasteiger partial charge on any atom is -0.493 e. The van der Waals surface area contributed by atoms with Crippen molar-refractivity contribution in [3.63, 3.8) is 0 Å². The fraction of sp³-hybridized carbons (Fsp3) is 0.526. The van der Waals surface area contributed by atoms with E-state index in [2.05, 4.69) is 42.1 Å². The first kappa shape index (κ1) is 17.6. The summed E-state index contributed by atoms with van der Waals surface area (Å²) in [5.41, 5.74) is 0.971. The molecule has 1 saturated heterocycles. The Balaban J connectivity index is 2.17. The number of pyridine rings is 1. The fourth-order valence-corrected chi connectivity index (χ4v) is 3.33. The summed E-state index contributed by atoms with van der Waals surface area (Å²) in [6.07, 6.45) is 1.91. The van der Waals surface area contributed by atoms with E-state index in [1.807, 2.05) is 12.3 Å². The highest BCUT2D eigenvalue weighted by atomic mass is 16.5. The van der Waals surface area contributed by atoms with Gasteiger partial charge in [-0.2, -0.15) is 0 Å². The second kappa shape index (κ2) is 7.35. The van der Waals surface area contributed by atoms with Crippen LogP contribution in [0.3, 0.4) is 0 Å². The zero-order valence-corrected chi connectivity index (χ0v) is 15.8. The lowest BCUT2D eigenvalue weighted by Gasteiger charge is -2.34. The van der Waals surface area contributed by atoms with Gasteiger partial charge in [-0.05, 0) is 33.0 Å². The Morgan fingerprint density at radius 3 is 2.40 bits per heavy atom. The number of nitrogens with one attached hydrogen (secondary N) is 1. The lowest BCUT2D eigenvalue weighted by Crippen LogP contribution is -2.44. The van der Waals surface area contributed by atoms with Crippen molar-refractivity contribution >= 4 is 22.3 Å². The van der Waals surface area contributed by atoms with E-state index < -0.39 is 0 Å².